The second-order valence-electron chi connectivity index (χ2n) is 5.19. The van der Waals surface area contributed by atoms with Crippen LogP contribution in [0.15, 0.2) is 45.0 Å². The maximum atomic E-state index is 13.6. The van der Waals surface area contributed by atoms with Crippen LogP contribution < -0.4 is 5.73 Å². The minimum atomic E-state index is -0.485. The summed E-state index contributed by atoms with van der Waals surface area (Å²) in [5.41, 5.74) is 6.90. The zero-order valence-corrected chi connectivity index (χ0v) is 13.5. The monoisotopic (exact) mass is 404 g/mol. The van der Waals surface area contributed by atoms with Crippen LogP contribution in [0.3, 0.4) is 0 Å². The van der Waals surface area contributed by atoms with Crippen molar-refractivity contribution in [1.29, 1.82) is 0 Å². The molecule has 6 heteroatoms. The molecule has 2 nitrogen and oxygen atoms in total. The molecule has 4 atom stereocenters. The molecule has 0 amide bonds. The Morgan fingerprint density at radius 3 is 2.80 bits per heavy atom. The van der Waals surface area contributed by atoms with E-state index in [1.807, 2.05) is 12.1 Å². The minimum absolute atomic E-state index is 0.0576. The summed E-state index contributed by atoms with van der Waals surface area (Å²) in [7, 11) is 0. The van der Waals surface area contributed by atoms with Gasteiger partial charge < -0.3 is 5.73 Å². The van der Waals surface area contributed by atoms with Crippen LogP contribution in [0.25, 0.3) is 0 Å². The smallest absolute Gasteiger partial charge is 0.122 e. The summed E-state index contributed by atoms with van der Waals surface area (Å²) >= 11 is 6.73. The van der Waals surface area contributed by atoms with Crippen LogP contribution in [0.5, 0.6) is 0 Å². The molecule has 3 rings (SSSR count). The molecule has 1 heterocycles. The van der Waals surface area contributed by atoms with E-state index in [1.54, 1.807) is 0 Å². The van der Waals surface area contributed by atoms with E-state index in [4.69, 9.17) is 5.73 Å². The highest BCUT2D eigenvalue weighted by molar-refractivity contribution is 9.11. The highest BCUT2D eigenvalue weighted by atomic mass is 79.9. The van der Waals surface area contributed by atoms with E-state index in [9.17, 15) is 8.78 Å². The molecular weight excluding hydrogens is 394 g/mol. The van der Waals surface area contributed by atoms with Crippen molar-refractivity contribution in [2.24, 2.45) is 23.5 Å². The van der Waals surface area contributed by atoms with Crippen molar-refractivity contribution in [2.75, 3.05) is 0 Å². The maximum absolute atomic E-state index is 13.6. The second-order valence-corrected chi connectivity index (χ2v) is 6.86. The predicted octanol–water partition coefficient (Wildman–Crippen LogP) is 4.58. The van der Waals surface area contributed by atoms with Crippen LogP contribution >= 0.6 is 31.9 Å². The van der Waals surface area contributed by atoms with Crippen LogP contribution in [0.2, 0.25) is 0 Å². The lowest BCUT2D eigenvalue weighted by atomic mass is 10.1. The van der Waals surface area contributed by atoms with Gasteiger partial charge in [0.1, 0.15) is 16.3 Å². The maximum Gasteiger partial charge on any atom is 0.122 e. The standard InChI is InChI=1S/C14H12Br2F2N2/c15-9-1-2-12(16)20-14(9)11(19)5-8-7-3-6(17)4-10(18)13(7)8/h1-4,7-8,11,13H,5,19H2. The summed E-state index contributed by atoms with van der Waals surface area (Å²) in [4.78, 5) is 4.35. The number of aromatic nitrogens is 1. The highest BCUT2D eigenvalue weighted by Gasteiger charge is 2.53. The van der Waals surface area contributed by atoms with Gasteiger partial charge in [-0.1, -0.05) is 0 Å². The summed E-state index contributed by atoms with van der Waals surface area (Å²) in [5, 5.41) is 0. The van der Waals surface area contributed by atoms with Gasteiger partial charge in [-0.05, 0) is 68.3 Å². The van der Waals surface area contributed by atoms with Crippen molar-refractivity contribution in [1.82, 2.24) is 4.98 Å². The minimum Gasteiger partial charge on any atom is -0.323 e. The topological polar surface area (TPSA) is 38.9 Å². The van der Waals surface area contributed by atoms with Gasteiger partial charge in [0.2, 0.25) is 0 Å². The number of pyridine rings is 1. The van der Waals surface area contributed by atoms with Crippen molar-refractivity contribution in [3.8, 4) is 0 Å². The van der Waals surface area contributed by atoms with Gasteiger partial charge >= 0.3 is 0 Å². The molecule has 1 fully saturated rings. The summed E-state index contributed by atoms with van der Waals surface area (Å²) in [6.45, 7) is 0. The molecule has 0 aliphatic heterocycles. The number of hydrogen-bond acceptors (Lipinski definition) is 2. The Kier molecular flexibility index (Phi) is 3.81. The van der Waals surface area contributed by atoms with E-state index in [0.29, 0.717) is 11.0 Å². The molecule has 1 saturated carbocycles. The first-order valence-electron chi connectivity index (χ1n) is 6.29. The first-order chi connectivity index (χ1) is 9.47. The van der Waals surface area contributed by atoms with Crippen LogP contribution in [0, 0.1) is 17.8 Å². The fourth-order valence-electron chi connectivity index (χ4n) is 2.88. The molecule has 2 aliphatic carbocycles. The van der Waals surface area contributed by atoms with Crippen molar-refractivity contribution < 1.29 is 8.78 Å². The number of nitrogens with two attached hydrogens (primary N) is 1. The number of rotatable bonds is 3. The zero-order valence-electron chi connectivity index (χ0n) is 10.4. The number of nitrogens with zero attached hydrogens (tertiary/aromatic N) is 1. The average Bonchev–Trinajstić information content (AvgIpc) is 3.05. The Morgan fingerprint density at radius 1 is 1.30 bits per heavy atom. The van der Waals surface area contributed by atoms with Crippen LogP contribution in [-0.2, 0) is 0 Å². The van der Waals surface area contributed by atoms with E-state index in [0.717, 1.165) is 16.2 Å². The van der Waals surface area contributed by atoms with Crippen LogP contribution in [-0.4, -0.2) is 4.98 Å². The van der Waals surface area contributed by atoms with Gasteiger partial charge in [0.05, 0.1) is 5.69 Å². The third-order valence-electron chi connectivity index (χ3n) is 3.89. The Hall–Kier alpha value is -0.590. The fourth-order valence-corrected chi connectivity index (χ4v) is 3.72. The summed E-state index contributed by atoms with van der Waals surface area (Å²) in [5.74, 6) is -1.05. The lowest BCUT2D eigenvalue weighted by Gasteiger charge is -2.13. The number of allylic oxidation sites excluding steroid dienone is 4. The van der Waals surface area contributed by atoms with Crippen molar-refractivity contribution in [3.63, 3.8) is 0 Å². The molecule has 1 aromatic rings. The van der Waals surface area contributed by atoms with Gasteiger partial charge in [0.25, 0.3) is 0 Å². The SMILES string of the molecule is NC(CC1C2C=C(F)C=C(F)C21)c1nc(Br)ccc1Br. The molecule has 20 heavy (non-hydrogen) atoms. The van der Waals surface area contributed by atoms with Crippen molar-refractivity contribution >= 4 is 31.9 Å². The van der Waals surface area contributed by atoms with E-state index >= 15 is 0 Å². The normalized spacial score (nSPS) is 29.4. The number of halogens is 4. The van der Waals surface area contributed by atoms with Gasteiger partial charge in [-0.2, -0.15) is 0 Å². The number of hydrogen-bond donors (Lipinski definition) is 1. The third-order valence-corrected chi connectivity index (χ3v) is 5.00. The summed E-state index contributed by atoms with van der Waals surface area (Å²) < 4.78 is 28.3. The van der Waals surface area contributed by atoms with E-state index in [-0.39, 0.29) is 29.6 Å². The second kappa shape index (κ2) is 5.31. The Morgan fingerprint density at radius 2 is 2.05 bits per heavy atom. The third kappa shape index (κ3) is 2.61. The zero-order chi connectivity index (χ0) is 14.4. The summed E-state index contributed by atoms with van der Waals surface area (Å²) in [6.07, 6.45) is 3.05. The molecule has 0 radical (unpaired) electrons. The van der Waals surface area contributed by atoms with Gasteiger partial charge in [0, 0.05) is 22.5 Å². The molecular formula is C14H12Br2F2N2. The highest BCUT2D eigenvalue weighted by Crippen LogP contribution is 2.58. The molecule has 1 aromatic heterocycles. The fraction of sp³-hybridized carbons (Fsp3) is 0.357. The Labute approximate surface area is 132 Å². The van der Waals surface area contributed by atoms with Gasteiger partial charge in [0.15, 0.2) is 0 Å². The van der Waals surface area contributed by atoms with Crippen molar-refractivity contribution in [2.45, 2.75) is 12.5 Å². The molecule has 0 saturated heterocycles. The molecule has 2 N–H and O–H groups in total. The number of fused-ring (bicyclic) bond motifs is 1. The van der Waals surface area contributed by atoms with Gasteiger partial charge in [-0.3, -0.25) is 0 Å². The molecule has 0 bridgehead atoms. The summed E-state index contributed by atoms with van der Waals surface area (Å²) in [6, 6.07) is 3.38. The quantitative estimate of drug-likeness (QED) is 0.747. The molecule has 4 unspecified atom stereocenters. The van der Waals surface area contributed by atoms with Crippen LogP contribution in [0.4, 0.5) is 8.78 Å². The van der Waals surface area contributed by atoms with E-state index in [2.05, 4.69) is 36.8 Å². The predicted molar refractivity (Wildman–Crippen MR) is 80.0 cm³/mol. The molecule has 2 aliphatic rings. The Balaban J connectivity index is 1.74. The van der Waals surface area contributed by atoms with Crippen LogP contribution in [0.1, 0.15) is 18.2 Å². The molecule has 0 spiro atoms. The van der Waals surface area contributed by atoms with Gasteiger partial charge in [-0.25, -0.2) is 13.8 Å². The first kappa shape index (κ1) is 14.4. The largest absolute Gasteiger partial charge is 0.323 e. The van der Waals surface area contributed by atoms with Crippen molar-refractivity contribution in [3.05, 3.63) is 50.7 Å². The lowest BCUT2D eigenvalue weighted by molar-refractivity contribution is 0.508. The van der Waals surface area contributed by atoms with E-state index in [1.165, 1.54) is 6.08 Å². The van der Waals surface area contributed by atoms with E-state index < -0.39 is 5.83 Å². The van der Waals surface area contributed by atoms with Gasteiger partial charge in [-0.15, -0.1) is 0 Å². The molecule has 0 aromatic carbocycles. The molecule has 106 valence electrons. The lowest BCUT2D eigenvalue weighted by Crippen LogP contribution is -2.14. The average molecular weight is 406 g/mol. The Bertz CT molecular complexity index is 615. The first-order valence-corrected chi connectivity index (χ1v) is 7.88.